The molecule has 0 saturated heterocycles. The van der Waals surface area contributed by atoms with Gasteiger partial charge in [-0.2, -0.15) is 4.57 Å². The Labute approximate surface area is 187 Å². The van der Waals surface area contributed by atoms with Crippen LogP contribution in [0.3, 0.4) is 0 Å². The third-order valence-corrected chi connectivity index (χ3v) is 3.89. The van der Waals surface area contributed by atoms with Gasteiger partial charge in [-0.1, -0.05) is 40.3 Å². The minimum Gasteiger partial charge on any atom is -0.460 e. The third-order valence-electron chi connectivity index (χ3n) is 3.89. The van der Waals surface area contributed by atoms with Gasteiger partial charge in [-0.25, -0.2) is 9.59 Å². The highest BCUT2D eigenvalue weighted by molar-refractivity contribution is 6.50. The number of rotatable bonds is 6. The molecular formula is C21H20BF4N3O4. The summed E-state index contributed by atoms with van der Waals surface area (Å²) in [5, 5.41) is 0. The lowest BCUT2D eigenvalue weighted by Crippen LogP contribution is -2.46. The molecule has 0 saturated carbocycles. The molecule has 0 radical (unpaired) electrons. The van der Waals surface area contributed by atoms with E-state index in [4.69, 9.17) is 9.47 Å². The Kier molecular flexibility index (Phi) is 9.02. The number of pyridine rings is 1. The van der Waals surface area contributed by atoms with Crippen LogP contribution < -0.4 is 4.57 Å². The van der Waals surface area contributed by atoms with Gasteiger partial charge in [0.2, 0.25) is 0 Å². The number of hydrogen-bond acceptors (Lipinski definition) is 6. The Morgan fingerprint density at radius 3 is 1.70 bits per heavy atom. The fraction of sp³-hybridized carbons (Fsp3) is 0.190. The largest absolute Gasteiger partial charge is 0.673 e. The molecule has 0 fully saturated rings. The lowest BCUT2D eigenvalue weighted by molar-refractivity contribution is -0.609. The summed E-state index contributed by atoms with van der Waals surface area (Å²) in [6.07, 6.45) is 3.06. The number of benzene rings is 1. The second-order valence-electron chi connectivity index (χ2n) is 6.20. The highest BCUT2D eigenvalue weighted by atomic mass is 19.5. The summed E-state index contributed by atoms with van der Waals surface area (Å²) >= 11 is 0. The average Bonchev–Trinajstić information content (AvgIpc) is 2.78. The molecule has 0 spiro atoms. The number of ether oxygens (including phenoxy) is 2. The van der Waals surface area contributed by atoms with Crippen molar-refractivity contribution in [2.45, 2.75) is 13.8 Å². The van der Waals surface area contributed by atoms with E-state index in [-0.39, 0.29) is 30.5 Å². The van der Waals surface area contributed by atoms with Gasteiger partial charge in [0.1, 0.15) is 12.4 Å². The van der Waals surface area contributed by atoms with Crippen molar-refractivity contribution in [2.24, 2.45) is 0 Å². The van der Waals surface area contributed by atoms with E-state index in [9.17, 15) is 26.9 Å². The first-order chi connectivity index (χ1) is 15.7. The van der Waals surface area contributed by atoms with E-state index in [1.54, 1.807) is 32.0 Å². The fourth-order valence-electron chi connectivity index (χ4n) is 2.73. The van der Waals surface area contributed by atoms with E-state index in [1.165, 1.54) is 17.0 Å². The summed E-state index contributed by atoms with van der Waals surface area (Å²) in [5.74, 6) is -0.996. The summed E-state index contributed by atoms with van der Waals surface area (Å²) < 4.78 is 50.8. The molecule has 0 aliphatic heterocycles. The first kappa shape index (κ1) is 25.4. The number of nitrogens with zero attached hydrogens (tertiary/aromatic N) is 3. The quantitative estimate of drug-likeness (QED) is 0.236. The van der Waals surface area contributed by atoms with Crippen LogP contribution in [0.5, 0.6) is 0 Å². The average molecular weight is 465 g/mol. The maximum Gasteiger partial charge on any atom is 0.673 e. The van der Waals surface area contributed by atoms with Crippen LogP contribution in [0, 0.1) is 0 Å². The Bertz CT molecular complexity index is 1040. The molecule has 2 aromatic heterocycles. The van der Waals surface area contributed by atoms with Gasteiger partial charge in [0, 0.05) is 6.07 Å². The number of halogens is 4. The first-order valence-corrected chi connectivity index (χ1v) is 9.80. The van der Waals surface area contributed by atoms with Crippen molar-refractivity contribution < 1.29 is 40.9 Å². The Hall–Kier alpha value is -3.83. The predicted molar refractivity (Wildman–Crippen MR) is 111 cm³/mol. The molecule has 1 aromatic carbocycles. The van der Waals surface area contributed by atoms with Crippen LogP contribution in [0.2, 0.25) is 0 Å². The summed E-state index contributed by atoms with van der Waals surface area (Å²) in [5.41, 5.74) is 1.80. The number of carbonyl (C=O) groups excluding carboxylic acids is 2. The van der Waals surface area contributed by atoms with E-state index in [1.807, 2.05) is 30.3 Å². The Balaban J connectivity index is 0.000000696. The van der Waals surface area contributed by atoms with Crippen molar-refractivity contribution in [1.82, 2.24) is 9.97 Å². The molecule has 7 nitrogen and oxygen atoms in total. The SMILES string of the molecule is CCOC(=O)c1cc(-c2ccccc2)cc(C(=O)OCC)[n+]1-c1ncccn1.F[B-](F)(F)F. The summed E-state index contributed by atoms with van der Waals surface area (Å²) in [7, 11) is -6.00. The summed E-state index contributed by atoms with van der Waals surface area (Å²) in [4.78, 5) is 33.8. The van der Waals surface area contributed by atoms with E-state index >= 15 is 0 Å². The first-order valence-electron chi connectivity index (χ1n) is 9.80. The zero-order valence-corrected chi connectivity index (χ0v) is 17.8. The van der Waals surface area contributed by atoms with Crippen molar-refractivity contribution in [3.8, 4) is 17.1 Å². The van der Waals surface area contributed by atoms with Gasteiger partial charge >= 0.3 is 25.1 Å². The number of aromatic nitrogens is 3. The van der Waals surface area contributed by atoms with E-state index < -0.39 is 19.2 Å². The molecule has 33 heavy (non-hydrogen) atoms. The van der Waals surface area contributed by atoms with Crippen LogP contribution >= 0.6 is 0 Å². The molecule has 3 rings (SSSR count). The number of hydrogen-bond donors (Lipinski definition) is 0. The zero-order valence-electron chi connectivity index (χ0n) is 17.8. The second-order valence-corrected chi connectivity index (χ2v) is 6.20. The van der Waals surface area contributed by atoms with Crippen molar-refractivity contribution in [1.29, 1.82) is 0 Å². The van der Waals surface area contributed by atoms with Gasteiger partial charge in [-0.05, 0) is 37.1 Å². The van der Waals surface area contributed by atoms with Crippen LogP contribution in [0.1, 0.15) is 34.8 Å². The number of esters is 2. The molecule has 0 atom stereocenters. The van der Waals surface area contributed by atoms with Crippen LogP contribution in [0.4, 0.5) is 17.3 Å². The molecule has 174 valence electrons. The standard InChI is InChI=1S/C21H20N3O4.BF4/c1-3-27-19(25)17-13-16(15-9-6-5-7-10-15)14-18(20(26)28-4-2)24(17)21-22-11-8-12-23-21;2-1(3,4)5/h5-14H,3-4H2,1-2H3;/q+1;-1. The molecule has 0 aliphatic carbocycles. The predicted octanol–water partition coefficient (Wildman–Crippen LogP) is 4.07. The normalized spacial score (nSPS) is 10.6. The maximum atomic E-state index is 12.7. The maximum absolute atomic E-state index is 12.7. The van der Waals surface area contributed by atoms with Gasteiger partial charge in [0.15, 0.2) is 11.4 Å². The minimum atomic E-state index is -6.00. The van der Waals surface area contributed by atoms with Gasteiger partial charge in [-0.3, -0.25) is 0 Å². The molecule has 12 heteroatoms. The summed E-state index contributed by atoms with van der Waals surface area (Å²) in [6, 6.07) is 14.4. The topological polar surface area (TPSA) is 82.3 Å². The van der Waals surface area contributed by atoms with Crippen LogP contribution in [-0.4, -0.2) is 42.4 Å². The third kappa shape index (κ3) is 7.67. The second kappa shape index (κ2) is 11.7. The highest BCUT2D eigenvalue weighted by Gasteiger charge is 2.29. The van der Waals surface area contributed by atoms with Crippen LogP contribution in [-0.2, 0) is 9.47 Å². The van der Waals surface area contributed by atoms with E-state index in [2.05, 4.69) is 9.97 Å². The Morgan fingerprint density at radius 1 is 0.818 bits per heavy atom. The lowest BCUT2D eigenvalue weighted by atomic mass is 10.0. The lowest BCUT2D eigenvalue weighted by Gasteiger charge is -2.13. The van der Waals surface area contributed by atoms with Gasteiger partial charge in [0.25, 0.3) is 0 Å². The van der Waals surface area contributed by atoms with Crippen molar-refractivity contribution in [2.75, 3.05) is 13.2 Å². The van der Waals surface area contributed by atoms with Crippen molar-refractivity contribution in [3.05, 3.63) is 72.3 Å². The molecule has 2 heterocycles. The smallest absolute Gasteiger partial charge is 0.460 e. The molecule has 0 unspecified atom stereocenters. The minimum absolute atomic E-state index is 0.137. The zero-order chi connectivity index (χ0) is 24.4. The molecule has 0 bridgehead atoms. The fourth-order valence-corrected chi connectivity index (χ4v) is 2.73. The van der Waals surface area contributed by atoms with Gasteiger partial charge < -0.3 is 26.7 Å². The molecular weight excluding hydrogens is 445 g/mol. The number of carbonyl (C=O) groups is 2. The Morgan fingerprint density at radius 2 is 1.27 bits per heavy atom. The van der Waals surface area contributed by atoms with Gasteiger partial charge in [0.05, 0.1) is 13.2 Å². The van der Waals surface area contributed by atoms with Crippen LogP contribution in [0.15, 0.2) is 60.9 Å². The van der Waals surface area contributed by atoms with Gasteiger partial charge in [-0.15, -0.1) is 0 Å². The van der Waals surface area contributed by atoms with E-state index in [0.29, 0.717) is 5.56 Å². The molecule has 0 N–H and O–H groups in total. The molecule has 0 amide bonds. The monoisotopic (exact) mass is 465 g/mol. The van der Waals surface area contributed by atoms with Crippen molar-refractivity contribution >= 4 is 19.2 Å². The summed E-state index contributed by atoms with van der Waals surface area (Å²) in [6.45, 7) is 3.82. The van der Waals surface area contributed by atoms with E-state index in [0.717, 1.165) is 5.56 Å². The molecule has 3 aromatic rings. The highest BCUT2D eigenvalue weighted by Crippen LogP contribution is 2.21. The van der Waals surface area contributed by atoms with Crippen molar-refractivity contribution in [3.63, 3.8) is 0 Å². The van der Waals surface area contributed by atoms with Crippen LogP contribution in [0.25, 0.3) is 17.1 Å². The molecule has 0 aliphatic rings.